The predicted octanol–water partition coefficient (Wildman–Crippen LogP) is -3.66. The number of aliphatic carboxylic acids is 2. The molecule has 0 aliphatic rings. The van der Waals surface area contributed by atoms with Gasteiger partial charge in [0.15, 0.2) is 0 Å². The second-order valence-corrected chi connectivity index (χ2v) is 7.68. The van der Waals surface area contributed by atoms with Crippen LogP contribution >= 0.6 is 11.8 Å². The number of aliphatic hydroxyl groups excluding tert-OH is 1. The Kier molecular flexibility index (Phi) is 13.6. The minimum absolute atomic E-state index is 0.0669. The molecule has 0 heterocycles. The van der Waals surface area contributed by atoms with E-state index in [4.69, 9.17) is 21.7 Å². The topological polar surface area (TPSA) is 251 Å². The van der Waals surface area contributed by atoms with Crippen LogP contribution in [0.5, 0.6) is 0 Å². The number of thioether (sulfide) groups is 1. The highest BCUT2D eigenvalue weighted by Crippen LogP contribution is 2.05. The average Bonchev–Trinajstić information content (AvgIpc) is 2.71. The van der Waals surface area contributed by atoms with E-state index in [-0.39, 0.29) is 12.8 Å². The second-order valence-electron chi connectivity index (χ2n) is 6.70. The lowest BCUT2D eigenvalue weighted by molar-refractivity contribution is -0.143. The van der Waals surface area contributed by atoms with E-state index >= 15 is 0 Å². The van der Waals surface area contributed by atoms with Crippen LogP contribution in [0.3, 0.4) is 0 Å². The maximum atomic E-state index is 12.6. The van der Waals surface area contributed by atoms with Crippen molar-refractivity contribution in [1.82, 2.24) is 16.0 Å². The van der Waals surface area contributed by atoms with Crippen LogP contribution in [0.1, 0.15) is 25.7 Å². The largest absolute Gasteiger partial charge is 0.481 e. The van der Waals surface area contributed by atoms with E-state index in [1.807, 2.05) is 0 Å². The number of aliphatic hydroxyl groups is 1. The van der Waals surface area contributed by atoms with Crippen LogP contribution < -0.4 is 27.4 Å². The van der Waals surface area contributed by atoms with Crippen molar-refractivity contribution in [2.45, 2.75) is 49.9 Å². The maximum Gasteiger partial charge on any atom is 0.326 e. The number of carbonyl (C=O) groups excluding carboxylic acids is 4. The lowest BCUT2D eigenvalue weighted by Gasteiger charge is -2.24. The van der Waals surface area contributed by atoms with Gasteiger partial charge in [0.2, 0.25) is 23.6 Å². The summed E-state index contributed by atoms with van der Waals surface area (Å²) in [6.45, 7) is -0.720. The van der Waals surface area contributed by atoms with Crippen LogP contribution in [0.2, 0.25) is 0 Å². The van der Waals surface area contributed by atoms with Crippen LogP contribution in [0.25, 0.3) is 0 Å². The molecule has 4 atom stereocenters. The number of nitrogens with one attached hydrogen (secondary N) is 3. The Morgan fingerprint density at radius 2 is 1.41 bits per heavy atom. The molecule has 0 aliphatic heterocycles. The minimum atomic E-state index is -1.50. The van der Waals surface area contributed by atoms with Gasteiger partial charge in [0.05, 0.1) is 13.0 Å². The molecule has 0 aliphatic carbocycles. The van der Waals surface area contributed by atoms with Gasteiger partial charge in [-0.05, 0) is 24.9 Å². The molecule has 0 spiro atoms. The van der Waals surface area contributed by atoms with E-state index in [0.29, 0.717) is 5.75 Å². The molecule has 0 rings (SSSR count). The van der Waals surface area contributed by atoms with Gasteiger partial charge >= 0.3 is 11.9 Å². The quantitative estimate of drug-likeness (QED) is 0.107. The normalized spacial score (nSPS) is 14.3. The number of carbonyl (C=O) groups is 6. The smallest absolute Gasteiger partial charge is 0.326 e. The molecule has 10 N–H and O–H groups in total. The van der Waals surface area contributed by atoms with Crippen molar-refractivity contribution < 1.29 is 44.1 Å². The molecule has 0 bridgehead atoms. The minimum Gasteiger partial charge on any atom is -0.481 e. The van der Waals surface area contributed by atoms with Gasteiger partial charge in [-0.1, -0.05) is 0 Å². The lowest BCUT2D eigenvalue weighted by Crippen LogP contribution is -2.58. The summed E-state index contributed by atoms with van der Waals surface area (Å²) in [5.74, 6) is -6.03. The van der Waals surface area contributed by atoms with E-state index < -0.39 is 79.2 Å². The van der Waals surface area contributed by atoms with Crippen molar-refractivity contribution >= 4 is 47.3 Å². The van der Waals surface area contributed by atoms with E-state index in [0.717, 1.165) is 0 Å². The van der Waals surface area contributed by atoms with Gasteiger partial charge in [0.25, 0.3) is 0 Å². The number of hydrogen-bond donors (Lipinski definition) is 8. The number of nitrogens with two attached hydrogens (primary N) is 2. The first-order chi connectivity index (χ1) is 14.9. The fourth-order valence-corrected chi connectivity index (χ4v) is 2.82. The molecule has 0 saturated carbocycles. The van der Waals surface area contributed by atoms with Crippen molar-refractivity contribution in [2.24, 2.45) is 11.5 Å². The molecule has 0 aromatic heterocycles. The van der Waals surface area contributed by atoms with Crippen molar-refractivity contribution in [1.29, 1.82) is 0 Å². The number of amides is 4. The van der Waals surface area contributed by atoms with Crippen molar-refractivity contribution in [3.63, 3.8) is 0 Å². The molecule has 0 radical (unpaired) electrons. The molecule has 0 fully saturated rings. The monoisotopic (exact) mass is 479 g/mol. The molecular formula is C17H29N5O9S. The third-order valence-corrected chi connectivity index (χ3v) is 4.72. The zero-order chi connectivity index (χ0) is 24.8. The highest BCUT2D eigenvalue weighted by Gasteiger charge is 2.31. The number of carboxylic acids is 2. The summed E-state index contributed by atoms with van der Waals surface area (Å²) in [4.78, 5) is 70.4. The SMILES string of the molecule is CSCCC(NC(=O)C(CC(N)=O)NC(=O)C(N)CO)C(=O)NC(CCC(=O)O)C(=O)O. The number of rotatable bonds is 16. The molecule has 0 aromatic carbocycles. The lowest BCUT2D eigenvalue weighted by atomic mass is 10.1. The standard InChI is InChI=1S/C17H29N5O9S/c1-32-5-4-9(15(28)21-10(17(30)31)2-3-13(25)26)20-16(29)11(6-12(19)24)22-14(27)8(18)7-23/h8-11,23H,2-7,18H2,1H3,(H2,19,24)(H,20,29)(H,21,28)(H,22,27)(H,25,26)(H,30,31). The van der Waals surface area contributed by atoms with Crippen LogP contribution in [0.4, 0.5) is 0 Å². The zero-order valence-corrected chi connectivity index (χ0v) is 18.2. The molecule has 15 heteroatoms. The van der Waals surface area contributed by atoms with Gasteiger partial charge in [0, 0.05) is 6.42 Å². The summed E-state index contributed by atoms with van der Waals surface area (Å²) in [5, 5.41) is 33.5. The van der Waals surface area contributed by atoms with E-state index in [9.17, 15) is 33.9 Å². The molecule has 0 saturated heterocycles. The first-order valence-electron chi connectivity index (χ1n) is 9.42. The highest BCUT2D eigenvalue weighted by atomic mass is 32.2. The van der Waals surface area contributed by atoms with Crippen LogP contribution in [-0.2, 0) is 28.8 Å². The van der Waals surface area contributed by atoms with E-state index in [1.54, 1.807) is 6.26 Å². The van der Waals surface area contributed by atoms with Crippen molar-refractivity contribution in [2.75, 3.05) is 18.6 Å². The molecule has 182 valence electrons. The number of primary amides is 1. The Bertz CT molecular complexity index is 706. The summed E-state index contributed by atoms with van der Waals surface area (Å²) in [7, 11) is 0. The molecule has 0 aromatic rings. The van der Waals surface area contributed by atoms with Crippen LogP contribution in [-0.4, -0.2) is 93.7 Å². The van der Waals surface area contributed by atoms with Crippen molar-refractivity contribution in [3.8, 4) is 0 Å². The van der Waals surface area contributed by atoms with Crippen LogP contribution in [0, 0.1) is 0 Å². The molecular weight excluding hydrogens is 450 g/mol. The summed E-state index contributed by atoms with van der Waals surface area (Å²) in [6, 6.07) is -5.61. The summed E-state index contributed by atoms with van der Waals surface area (Å²) < 4.78 is 0. The Morgan fingerprint density at radius 1 is 0.875 bits per heavy atom. The van der Waals surface area contributed by atoms with E-state index in [2.05, 4.69) is 16.0 Å². The second kappa shape index (κ2) is 15.0. The predicted molar refractivity (Wildman–Crippen MR) is 112 cm³/mol. The zero-order valence-electron chi connectivity index (χ0n) is 17.4. The Labute approximate surface area is 187 Å². The summed E-state index contributed by atoms with van der Waals surface area (Å²) >= 11 is 1.34. The Morgan fingerprint density at radius 3 is 1.88 bits per heavy atom. The van der Waals surface area contributed by atoms with Gasteiger partial charge in [-0.3, -0.25) is 24.0 Å². The maximum absolute atomic E-state index is 12.6. The first-order valence-corrected chi connectivity index (χ1v) is 10.8. The third-order valence-electron chi connectivity index (χ3n) is 4.08. The van der Waals surface area contributed by atoms with Gasteiger partial charge in [-0.2, -0.15) is 11.8 Å². The molecule has 14 nitrogen and oxygen atoms in total. The van der Waals surface area contributed by atoms with Gasteiger partial charge < -0.3 is 42.7 Å². The Balaban J connectivity index is 5.43. The Hall–Kier alpha value is -2.91. The fourth-order valence-electron chi connectivity index (χ4n) is 2.35. The highest BCUT2D eigenvalue weighted by molar-refractivity contribution is 7.98. The molecule has 32 heavy (non-hydrogen) atoms. The van der Waals surface area contributed by atoms with Gasteiger partial charge in [-0.15, -0.1) is 0 Å². The number of hydrogen-bond acceptors (Lipinski definition) is 9. The third kappa shape index (κ3) is 11.5. The van der Waals surface area contributed by atoms with Crippen molar-refractivity contribution in [3.05, 3.63) is 0 Å². The number of carboxylic acid groups (broad SMARTS) is 2. The van der Waals surface area contributed by atoms with Gasteiger partial charge in [0.1, 0.15) is 24.2 Å². The first kappa shape index (κ1) is 29.1. The average molecular weight is 480 g/mol. The summed E-state index contributed by atoms with van der Waals surface area (Å²) in [6.07, 6.45) is 0.298. The molecule has 4 unspecified atom stereocenters. The fraction of sp³-hybridized carbons (Fsp3) is 0.647. The van der Waals surface area contributed by atoms with E-state index in [1.165, 1.54) is 11.8 Å². The molecule has 4 amide bonds. The van der Waals surface area contributed by atoms with Gasteiger partial charge in [-0.25, -0.2) is 4.79 Å². The summed E-state index contributed by atoms with van der Waals surface area (Å²) in [5.41, 5.74) is 10.5. The van der Waals surface area contributed by atoms with Crippen LogP contribution in [0.15, 0.2) is 0 Å².